The van der Waals surface area contributed by atoms with Crippen molar-refractivity contribution in [3.05, 3.63) is 115 Å². The lowest BCUT2D eigenvalue weighted by Crippen LogP contribution is -2.21. The first-order chi connectivity index (χ1) is 16.7. The Balaban J connectivity index is 0.000000314. The molecule has 0 radical (unpaired) electrons. The van der Waals surface area contributed by atoms with Crippen molar-refractivity contribution in [3.8, 4) is 0 Å². The van der Waals surface area contributed by atoms with E-state index in [1.54, 1.807) is 0 Å². The molecule has 0 spiro atoms. The van der Waals surface area contributed by atoms with E-state index in [2.05, 4.69) is 115 Å². The molecule has 5 aromatic rings. The van der Waals surface area contributed by atoms with Crippen LogP contribution in [0.5, 0.6) is 0 Å². The standard InChI is InChI=1S/C26H19S.CHF3O3S/c1-2-14-22(15-3-1)27(25-18-8-12-20-10-4-6-16-23(20)25)26-19-9-13-21-11-5-7-17-24(21)26;2-1(3,4)8(5,6)7/h1-19H;(H,5,6,7)/q+1;/p-1. The SMILES string of the molecule is O=S(=O)([O-])C(F)(F)F.c1ccc([S+](c2cccc3ccccc23)c2cccc3ccccc23)cc1. The van der Waals surface area contributed by atoms with Crippen molar-refractivity contribution in [2.24, 2.45) is 0 Å². The van der Waals surface area contributed by atoms with Crippen molar-refractivity contribution in [2.75, 3.05) is 0 Å². The number of hydrogen-bond donors (Lipinski definition) is 0. The molecule has 0 fully saturated rings. The molecule has 0 amide bonds. The van der Waals surface area contributed by atoms with E-state index in [0.29, 0.717) is 0 Å². The fourth-order valence-electron chi connectivity index (χ4n) is 3.68. The summed E-state index contributed by atoms with van der Waals surface area (Å²) >= 11 is 0. The molecule has 0 saturated heterocycles. The van der Waals surface area contributed by atoms with E-state index in [-0.39, 0.29) is 10.9 Å². The minimum atomic E-state index is -6.09. The normalized spacial score (nSPS) is 11.9. The highest BCUT2D eigenvalue weighted by Crippen LogP contribution is 2.38. The van der Waals surface area contributed by atoms with Gasteiger partial charge in [-0.3, -0.25) is 0 Å². The molecule has 0 aromatic heterocycles. The molecule has 0 bridgehead atoms. The van der Waals surface area contributed by atoms with E-state index in [9.17, 15) is 13.2 Å². The number of halogens is 3. The van der Waals surface area contributed by atoms with Gasteiger partial charge in [-0.25, -0.2) is 8.42 Å². The van der Waals surface area contributed by atoms with Crippen LogP contribution in [0.4, 0.5) is 13.2 Å². The van der Waals surface area contributed by atoms with E-state index in [0.717, 1.165) is 0 Å². The molecule has 0 aliphatic carbocycles. The van der Waals surface area contributed by atoms with E-state index < -0.39 is 15.6 Å². The number of alkyl halides is 3. The summed E-state index contributed by atoms with van der Waals surface area (Å²) in [6.07, 6.45) is 0. The van der Waals surface area contributed by atoms with Gasteiger partial charge in [0, 0.05) is 10.8 Å². The molecule has 8 heteroatoms. The van der Waals surface area contributed by atoms with Gasteiger partial charge in [-0.2, -0.15) is 13.2 Å². The molecule has 3 nitrogen and oxygen atoms in total. The van der Waals surface area contributed by atoms with Crippen molar-refractivity contribution in [1.82, 2.24) is 0 Å². The first-order valence-electron chi connectivity index (χ1n) is 10.4. The fourth-order valence-corrected chi connectivity index (χ4v) is 6.09. The maximum atomic E-state index is 10.7. The number of benzene rings is 5. The second-order valence-electron chi connectivity index (χ2n) is 7.47. The maximum absolute atomic E-state index is 10.7. The topological polar surface area (TPSA) is 57.2 Å². The molecule has 0 unspecified atom stereocenters. The summed E-state index contributed by atoms with van der Waals surface area (Å²) in [5.41, 5.74) is -5.65. The zero-order valence-electron chi connectivity index (χ0n) is 18.1. The molecule has 178 valence electrons. The second-order valence-corrected chi connectivity index (χ2v) is 10.8. The predicted octanol–water partition coefficient (Wildman–Crippen LogP) is 7.14. The summed E-state index contributed by atoms with van der Waals surface area (Å²) in [4.78, 5) is 4.12. The van der Waals surface area contributed by atoms with Crippen LogP contribution in [0.3, 0.4) is 0 Å². The van der Waals surface area contributed by atoms with Crippen LogP contribution in [-0.2, 0) is 21.0 Å². The van der Waals surface area contributed by atoms with Gasteiger partial charge in [0.2, 0.25) is 0 Å². The van der Waals surface area contributed by atoms with Gasteiger partial charge in [-0.1, -0.05) is 78.9 Å². The molecule has 0 atom stereocenters. The molecule has 0 N–H and O–H groups in total. The van der Waals surface area contributed by atoms with Crippen LogP contribution in [0.25, 0.3) is 21.5 Å². The van der Waals surface area contributed by atoms with Crippen molar-refractivity contribution < 1.29 is 26.1 Å². The van der Waals surface area contributed by atoms with Gasteiger partial charge in [0.25, 0.3) is 0 Å². The van der Waals surface area contributed by atoms with Crippen molar-refractivity contribution >= 4 is 42.6 Å². The Hall–Kier alpha value is -3.33. The lowest BCUT2D eigenvalue weighted by Gasteiger charge is -2.12. The summed E-state index contributed by atoms with van der Waals surface area (Å²) in [7, 11) is -6.25. The Morgan fingerprint density at radius 2 is 0.943 bits per heavy atom. The molecule has 0 aliphatic heterocycles. The Morgan fingerprint density at radius 1 is 0.571 bits per heavy atom. The Kier molecular flexibility index (Phi) is 7.16. The van der Waals surface area contributed by atoms with Crippen molar-refractivity contribution in [2.45, 2.75) is 20.2 Å². The van der Waals surface area contributed by atoms with Crippen LogP contribution in [0.15, 0.2) is 130 Å². The maximum Gasteiger partial charge on any atom is 0.485 e. The number of rotatable bonds is 3. The Labute approximate surface area is 203 Å². The Bertz CT molecular complexity index is 1480. The highest BCUT2D eigenvalue weighted by atomic mass is 32.2. The van der Waals surface area contributed by atoms with Crippen molar-refractivity contribution in [1.29, 1.82) is 0 Å². The number of hydrogen-bond acceptors (Lipinski definition) is 3. The minimum Gasteiger partial charge on any atom is -0.741 e. The van der Waals surface area contributed by atoms with Crippen LogP contribution < -0.4 is 0 Å². The summed E-state index contributed by atoms with van der Waals surface area (Å²) < 4.78 is 58.9. The zero-order valence-corrected chi connectivity index (χ0v) is 19.8. The predicted molar refractivity (Wildman–Crippen MR) is 132 cm³/mol. The van der Waals surface area contributed by atoms with Crippen LogP contribution in [0.2, 0.25) is 0 Å². The van der Waals surface area contributed by atoms with E-state index >= 15 is 0 Å². The first-order valence-corrected chi connectivity index (χ1v) is 13.1. The third-order valence-corrected chi connectivity index (χ3v) is 8.10. The molecule has 0 heterocycles. The molecule has 0 saturated carbocycles. The largest absolute Gasteiger partial charge is 0.741 e. The third-order valence-electron chi connectivity index (χ3n) is 5.20. The van der Waals surface area contributed by atoms with Crippen LogP contribution in [0, 0.1) is 0 Å². The van der Waals surface area contributed by atoms with E-state index in [1.807, 2.05) is 0 Å². The van der Waals surface area contributed by atoms with E-state index in [1.165, 1.54) is 36.2 Å². The second kappa shape index (κ2) is 10.1. The van der Waals surface area contributed by atoms with E-state index in [4.69, 9.17) is 13.0 Å². The molecule has 5 aromatic carbocycles. The number of fused-ring (bicyclic) bond motifs is 2. The molecular formula is C27H19F3O3S2. The third kappa shape index (κ3) is 5.51. The molecule has 0 aliphatic rings. The van der Waals surface area contributed by atoms with Gasteiger partial charge in [0.15, 0.2) is 24.8 Å². The lowest BCUT2D eigenvalue weighted by atomic mass is 10.1. The van der Waals surface area contributed by atoms with Gasteiger partial charge in [-0.05, 0) is 47.2 Å². The smallest absolute Gasteiger partial charge is 0.485 e. The molecular weight excluding hydrogens is 493 g/mol. The average Bonchev–Trinajstić information content (AvgIpc) is 2.84. The summed E-state index contributed by atoms with van der Waals surface area (Å²) in [6.45, 7) is 0. The molecule has 5 rings (SSSR count). The summed E-state index contributed by atoms with van der Waals surface area (Å²) in [5.74, 6) is 0. The molecule has 35 heavy (non-hydrogen) atoms. The quantitative estimate of drug-likeness (QED) is 0.147. The first kappa shape index (κ1) is 24.8. The minimum absolute atomic E-state index is 0.164. The van der Waals surface area contributed by atoms with Gasteiger partial charge >= 0.3 is 5.51 Å². The Morgan fingerprint density at radius 3 is 1.37 bits per heavy atom. The summed E-state index contributed by atoms with van der Waals surface area (Å²) in [6, 6.07) is 41.7. The summed E-state index contributed by atoms with van der Waals surface area (Å²) in [5, 5.41) is 5.26. The average molecular weight is 513 g/mol. The highest BCUT2D eigenvalue weighted by molar-refractivity contribution is 7.97. The van der Waals surface area contributed by atoms with Gasteiger partial charge in [-0.15, -0.1) is 0 Å². The van der Waals surface area contributed by atoms with Gasteiger partial charge in [0.1, 0.15) is 10.9 Å². The van der Waals surface area contributed by atoms with Gasteiger partial charge < -0.3 is 4.55 Å². The zero-order chi connectivity index (χ0) is 25.1. The van der Waals surface area contributed by atoms with Crippen LogP contribution in [-0.4, -0.2) is 18.5 Å². The monoisotopic (exact) mass is 512 g/mol. The van der Waals surface area contributed by atoms with Crippen molar-refractivity contribution in [3.63, 3.8) is 0 Å². The lowest BCUT2D eigenvalue weighted by molar-refractivity contribution is -0.0517. The fraction of sp³-hybridized carbons (Fsp3) is 0.0370. The highest BCUT2D eigenvalue weighted by Gasteiger charge is 2.37. The van der Waals surface area contributed by atoms with Crippen LogP contribution >= 0.6 is 0 Å². The van der Waals surface area contributed by atoms with Gasteiger partial charge in [0.05, 0.1) is 0 Å². The van der Waals surface area contributed by atoms with Crippen LogP contribution in [0.1, 0.15) is 0 Å².